The molecule has 5 rings (SSSR count). The Kier molecular flexibility index (Phi) is 14.9. The predicted octanol–water partition coefficient (Wildman–Crippen LogP) is 5.90. The van der Waals surface area contributed by atoms with Gasteiger partial charge in [0.05, 0.1) is 54.0 Å². The fraction of sp³-hybridized carbons (Fsp3) is 0.400. The summed E-state index contributed by atoms with van der Waals surface area (Å²) in [6.07, 6.45) is 2.30. The van der Waals surface area contributed by atoms with Gasteiger partial charge in [0, 0.05) is 32.5 Å². The van der Waals surface area contributed by atoms with Crippen molar-refractivity contribution in [2.45, 2.75) is 51.8 Å². The van der Waals surface area contributed by atoms with E-state index >= 15 is 8.78 Å². The molecule has 1 unspecified atom stereocenters. The van der Waals surface area contributed by atoms with Gasteiger partial charge in [-0.3, -0.25) is 0 Å². The van der Waals surface area contributed by atoms with E-state index in [1.54, 1.807) is 39.2 Å². The van der Waals surface area contributed by atoms with Crippen molar-refractivity contribution in [1.82, 2.24) is 24.9 Å². The first-order valence-corrected chi connectivity index (χ1v) is 18.3. The number of anilines is 1. The fourth-order valence-corrected chi connectivity index (χ4v) is 6.20. The fourth-order valence-electron chi connectivity index (χ4n) is 6.20. The molecule has 1 amide bonds. The Balaban J connectivity index is 1.59. The van der Waals surface area contributed by atoms with E-state index in [1.165, 1.54) is 19.2 Å². The molecule has 0 saturated heterocycles. The zero-order valence-corrected chi connectivity index (χ0v) is 32.8. The van der Waals surface area contributed by atoms with Crippen molar-refractivity contribution < 1.29 is 51.8 Å². The van der Waals surface area contributed by atoms with Crippen LogP contribution in [0.25, 0.3) is 5.65 Å². The summed E-state index contributed by atoms with van der Waals surface area (Å²) in [5.74, 6) is 0.214. The third-order valence-electron chi connectivity index (χ3n) is 8.92. The molecule has 5 aromatic rings. The normalized spacial score (nSPS) is 11.5. The molecule has 306 valence electrons. The number of carbonyl (C=O) groups excluding carboxylic acids is 1. The lowest BCUT2D eigenvalue weighted by molar-refractivity contribution is 0.133. The number of methoxy groups -OCH3 is 5. The molecule has 2 aromatic heterocycles. The van der Waals surface area contributed by atoms with Gasteiger partial charge in [-0.15, -0.1) is 5.10 Å². The summed E-state index contributed by atoms with van der Waals surface area (Å²) in [6, 6.07) is 13.6. The van der Waals surface area contributed by atoms with Crippen LogP contribution in [0.4, 0.5) is 19.4 Å². The monoisotopic (exact) mass is 794 g/mol. The summed E-state index contributed by atoms with van der Waals surface area (Å²) < 4.78 is 70.3. The van der Waals surface area contributed by atoms with Gasteiger partial charge in [0.25, 0.3) is 0 Å². The summed E-state index contributed by atoms with van der Waals surface area (Å²) in [5.41, 5.74) is 2.84. The number of carbonyl (C=O) groups is 1. The van der Waals surface area contributed by atoms with Crippen molar-refractivity contribution in [3.8, 4) is 34.8 Å². The van der Waals surface area contributed by atoms with Crippen molar-refractivity contribution in [3.63, 3.8) is 0 Å². The Labute approximate surface area is 329 Å². The molecule has 1 atom stereocenters. The number of halogens is 2. The standard InChI is InChI=1S/C40H48F2N6O9/c1-7-8-29(13-15-49)57-39-45-38(47(23-25-9-11-32(51-2)34(20-25)53-4)24-26-10-12-33(52-3)35(21-26)54-5)37-44-22-28(48(37)46-39)17-27-18-30(41)36(31(42)19-27)56-16-14-43-40(50)55-6/h9-12,18-22,29,49H,7-8,13-17,23-24H2,1-6H3,(H,43,50). The Bertz CT molecular complexity index is 2030. The van der Waals surface area contributed by atoms with Gasteiger partial charge in [0.2, 0.25) is 0 Å². The van der Waals surface area contributed by atoms with Gasteiger partial charge in [0.15, 0.2) is 51.8 Å². The number of aliphatic hydroxyl groups is 1. The summed E-state index contributed by atoms with van der Waals surface area (Å²) in [5, 5.41) is 16.9. The molecule has 0 aliphatic rings. The predicted molar refractivity (Wildman–Crippen MR) is 206 cm³/mol. The molecule has 2 N–H and O–H groups in total. The second-order valence-electron chi connectivity index (χ2n) is 12.8. The number of ether oxygens (including phenoxy) is 7. The Morgan fingerprint density at radius 2 is 1.47 bits per heavy atom. The third kappa shape index (κ3) is 10.6. The molecule has 0 fully saturated rings. The van der Waals surface area contributed by atoms with Gasteiger partial charge >= 0.3 is 12.1 Å². The van der Waals surface area contributed by atoms with E-state index in [9.17, 15) is 9.90 Å². The number of rotatable bonds is 21. The highest BCUT2D eigenvalue weighted by molar-refractivity contribution is 5.67. The number of hydrogen-bond acceptors (Lipinski definition) is 13. The molecule has 0 aliphatic heterocycles. The first-order valence-electron chi connectivity index (χ1n) is 18.3. The summed E-state index contributed by atoms with van der Waals surface area (Å²) in [4.78, 5) is 22.9. The molecule has 0 radical (unpaired) electrons. The van der Waals surface area contributed by atoms with Crippen molar-refractivity contribution in [2.24, 2.45) is 0 Å². The molecule has 0 bridgehead atoms. The topological polar surface area (TPSA) is 160 Å². The maximum absolute atomic E-state index is 15.2. The van der Waals surface area contributed by atoms with E-state index in [2.05, 4.69) is 10.1 Å². The lowest BCUT2D eigenvalue weighted by atomic mass is 10.1. The van der Waals surface area contributed by atoms with Crippen LogP contribution in [0.3, 0.4) is 0 Å². The van der Waals surface area contributed by atoms with Gasteiger partial charge in [-0.25, -0.2) is 23.1 Å². The van der Waals surface area contributed by atoms with Gasteiger partial charge in [0.1, 0.15) is 12.7 Å². The van der Waals surface area contributed by atoms with Crippen LogP contribution in [0.2, 0.25) is 0 Å². The van der Waals surface area contributed by atoms with Gasteiger partial charge in [-0.2, -0.15) is 4.98 Å². The smallest absolute Gasteiger partial charge is 0.406 e. The molecular weight excluding hydrogens is 746 g/mol. The Morgan fingerprint density at radius 3 is 2.02 bits per heavy atom. The van der Waals surface area contributed by atoms with Crippen LogP contribution in [-0.4, -0.2) is 92.2 Å². The molecule has 3 aromatic carbocycles. The van der Waals surface area contributed by atoms with Gasteiger partial charge < -0.3 is 48.5 Å². The van der Waals surface area contributed by atoms with Gasteiger partial charge in [-0.05, 0) is 59.5 Å². The molecule has 0 aliphatic carbocycles. The SMILES string of the molecule is CCCC(CCO)Oc1nc(N(Cc2ccc(OC)c(OC)c2)Cc2ccc(OC)c(OC)c2)c2ncc(Cc3cc(F)c(OCCNC(=O)OC)c(F)c3)n2n1. The second kappa shape index (κ2) is 20.2. The first-order chi connectivity index (χ1) is 27.6. The minimum atomic E-state index is -0.918. The van der Waals surface area contributed by atoms with Crippen molar-refractivity contribution in [1.29, 1.82) is 0 Å². The lowest BCUT2D eigenvalue weighted by Gasteiger charge is -2.26. The number of nitrogens with one attached hydrogen (secondary N) is 1. The van der Waals surface area contributed by atoms with Crippen molar-refractivity contribution >= 4 is 17.6 Å². The second-order valence-corrected chi connectivity index (χ2v) is 12.8. The van der Waals surface area contributed by atoms with E-state index in [1.807, 2.05) is 48.2 Å². The number of aromatic nitrogens is 4. The molecule has 15 nitrogen and oxygen atoms in total. The van der Waals surface area contributed by atoms with E-state index in [-0.39, 0.29) is 43.9 Å². The quantitative estimate of drug-likeness (QED) is 0.0847. The number of benzene rings is 3. The van der Waals surface area contributed by atoms with E-state index in [0.29, 0.717) is 66.1 Å². The van der Waals surface area contributed by atoms with Crippen LogP contribution in [0.1, 0.15) is 48.6 Å². The zero-order chi connectivity index (χ0) is 40.9. The molecule has 2 heterocycles. The Hall–Kier alpha value is -6.10. The average molecular weight is 795 g/mol. The third-order valence-corrected chi connectivity index (χ3v) is 8.92. The highest BCUT2D eigenvalue weighted by Crippen LogP contribution is 2.33. The molecule has 17 heteroatoms. The molecular formula is C40H48F2N6O9. The molecule has 0 saturated carbocycles. The van der Waals surface area contributed by atoms with Gasteiger partial charge in [-0.1, -0.05) is 25.5 Å². The van der Waals surface area contributed by atoms with E-state index in [4.69, 9.17) is 43.5 Å². The number of imidazole rings is 1. The highest BCUT2D eigenvalue weighted by atomic mass is 19.1. The Morgan fingerprint density at radius 1 is 0.860 bits per heavy atom. The number of nitrogens with zero attached hydrogens (tertiary/aromatic N) is 5. The first kappa shape index (κ1) is 42.1. The maximum atomic E-state index is 15.2. The minimum absolute atomic E-state index is 0.0198. The zero-order valence-electron chi connectivity index (χ0n) is 32.8. The molecule has 0 spiro atoms. The summed E-state index contributed by atoms with van der Waals surface area (Å²) >= 11 is 0. The molecule has 57 heavy (non-hydrogen) atoms. The van der Waals surface area contributed by atoms with E-state index in [0.717, 1.165) is 17.5 Å². The number of alkyl carbamates (subject to hydrolysis) is 1. The van der Waals surface area contributed by atoms with Crippen molar-refractivity contribution in [2.75, 3.05) is 60.2 Å². The number of amides is 1. The average Bonchev–Trinajstić information content (AvgIpc) is 3.61. The number of aliphatic hydroxyl groups excluding tert-OH is 1. The number of hydrogen-bond donors (Lipinski definition) is 2. The van der Waals surface area contributed by atoms with Crippen LogP contribution in [0, 0.1) is 11.6 Å². The maximum Gasteiger partial charge on any atom is 0.406 e. The van der Waals surface area contributed by atoms with Crippen LogP contribution in [0.5, 0.6) is 34.8 Å². The lowest BCUT2D eigenvalue weighted by Crippen LogP contribution is -2.28. The number of fused-ring (bicyclic) bond motifs is 1. The highest BCUT2D eigenvalue weighted by Gasteiger charge is 2.24. The van der Waals surface area contributed by atoms with Crippen LogP contribution >= 0.6 is 0 Å². The van der Waals surface area contributed by atoms with Crippen LogP contribution in [0.15, 0.2) is 54.7 Å². The summed E-state index contributed by atoms with van der Waals surface area (Å²) in [7, 11) is 7.47. The largest absolute Gasteiger partial charge is 0.493 e. The van der Waals surface area contributed by atoms with Crippen LogP contribution < -0.4 is 38.6 Å². The summed E-state index contributed by atoms with van der Waals surface area (Å²) in [6.45, 7) is 2.33. The van der Waals surface area contributed by atoms with Crippen molar-refractivity contribution in [3.05, 3.63) is 88.7 Å². The van der Waals surface area contributed by atoms with Crippen LogP contribution in [-0.2, 0) is 24.2 Å². The minimum Gasteiger partial charge on any atom is -0.493 e. The van der Waals surface area contributed by atoms with E-state index < -0.39 is 23.5 Å².